The molecule has 1 unspecified atom stereocenters. The Hall–Kier alpha value is -4.38. The van der Waals surface area contributed by atoms with Gasteiger partial charge in [-0.1, -0.05) is 23.5 Å². The van der Waals surface area contributed by atoms with Crippen molar-refractivity contribution in [2.24, 2.45) is 0 Å². The highest BCUT2D eigenvalue weighted by molar-refractivity contribution is 7.17. The topological polar surface area (TPSA) is 118 Å². The van der Waals surface area contributed by atoms with Gasteiger partial charge in [0.25, 0.3) is 5.78 Å². The van der Waals surface area contributed by atoms with E-state index in [-0.39, 0.29) is 27.9 Å². The van der Waals surface area contributed by atoms with Crippen LogP contribution < -0.4 is 19.3 Å². The van der Waals surface area contributed by atoms with Gasteiger partial charge in [0.15, 0.2) is 16.6 Å². The Morgan fingerprint density at radius 1 is 1.13 bits per heavy atom. The molecule has 0 saturated carbocycles. The van der Waals surface area contributed by atoms with Crippen molar-refractivity contribution in [2.45, 2.75) is 19.9 Å². The number of amides is 1. The minimum atomic E-state index is -0.991. The zero-order valence-electron chi connectivity index (χ0n) is 21.9. The first-order valence-corrected chi connectivity index (χ1v) is 13.2. The Morgan fingerprint density at radius 3 is 2.49 bits per heavy atom. The zero-order valence-corrected chi connectivity index (χ0v) is 22.7. The molecule has 3 aromatic rings. The minimum absolute atomic E-state index is 0.0974. The molecule has 0 aliphatic carbocycles. The van der Waals surface area contributed by atoms with Crippen LogP contribution in [0, 0.1) is 6.92 Å². The number of aryl methyl sites for hydroxylation is 1. The van der Waals surface area contributed by atoms with E-state index in [2.05, 4.69) is 4.98 Å². The number of benzene rings is 2. The Labute approximate surface area is 229 Å². The van der Waals surface area contributed by atoms with E-state index in [0.29, 0.717) is 41.5 Å². The Morgan fingerprint density at radius 2 is 1.82 bits per heavy atom. The number of fused-ring (bicyclic) bond motifs is 1. The van der Waals surface area contributed by atoms with E-state index in [9.17, 15) is 19.5 Å². The first-order chi connectivity index (χ1) is 18.7. The molecule has 10 nitrogen and oxygen atoms in total. The van der Waals surface area contributed by atoms with E-state index in [1.54, 1.807) is 44.2 Å². The predicted molar refractivity (Wildman–Crippen MR) is 146 cm³/mol. The van der Waals surface area contributed by atoms with Crippen molar-refractivity contribution in [3.63, 3.8) is 0 Å². The summed E-state index contributed by atoms with van der Waals surface area (Å²) in [4.78, 5) is 47.3. The monoisotopic (exact) mass is 549 g/mol. The lowest BCUT2D eigenvalue weighted by Crippen LogP contribution is -2.29. The van der Waals surface area contributed by atoms with E-state index in [1.807, 2.05) is 31.1 Å². The summed E-state index contributed by atoms with van der Waals surface area (Å²) in [7, 11) is 3.80. The van der Waals surface area contributed by atoms with Crippen LogP contribution in [0.15, 0.2) is 48.0 Å². The van der Waals surface area contributed by atoms with Crippen LogP contribution in [0.1, 0.15) is 39.5 Å². The van der Waals surface area contributed by atoms with Crippen molar-refractivity contribution in [1.82, 2.24) is 4.98 Å². The largest absolute Gasteiger partial charge is 0.507 e. The SMILES string of the molecule is CCOC(=O)c1sc(N2C(=O)C(=O)C(=C(O)c3ccc4c(c3)OCCO4)C2c2ccc(N(C)C)cc2)nc1C. The lowest BCUT2D eigenvalue weighted by Gasteiger charge is -2.24. The smallest absolute Gasteiger partial charge is 0.350 e. The number of esters is 1. The molecule has 3 heterocycles. The number of hydrogen-bond acceptors (Lipinski definition) is 10. The summed E-state index contributed by atoms with van der Waals surface area (Å²) in [5, 5.41) is 11.6. The van der Waals surface area contributed by atoms with Crippen molar-refractivity contribution < 1.29 is 33.7 Å². The van der Waals surface area contributed by atoms with Crippen molar-refractivity contribution in [3.8, 4) is 11.5 Å². The van der Waals surface area contributed by atoms with Gasteiger partial charge in [-0.3, -0.25) is 14.5 Å². The fraction of sp³-hybridized carbons (Fsp3) is 0.286. The standard InChI is InChI=1S/C28H27N3O7S/c1-5-36-27(35)25-15(2)29-28(39-25)31-22(16-6-9-18(10-7-16)30(3)4)21(24(33)26(31)34)23(32)17-8-11-19-20(14-17)38-13-12-37-19/h6-11,14,22,32H,5,12-13H2,1-4H3. The zero-order chi connectivity index (χ0) is 27.8. The van der Waals surface area contributed by atoms with Gasteiger partial charge < -0.3 is 24.2 Å². The molecule has 39 heavy (non-hydrogen) atoms. The predicted octanol–water partition coefficient (Wildman–Crippen LogP) is 4.09. The van der Waals surface area contributed by atoms with E-state index >= 15 is 0 Å². The summed E-state index contributed by atoms with van der Waals surface area (Å²) in [6, 6.07) is 11.1. The number of Topliss-reactive ketones (excluding diaryl/α,β-unsaturated/α-hetero) is 1. The van der Waals surface area contributed by atoms with Crippen LogP contribution in [-0.4, -0.2) is 61.7 Å². The van der Waals surface area contributed by atoms with Gasteiger partial charge in [-0.25, -0.2) is 9.78 Å². The van der Waals surface area contributed by atoms with Crippen LogP contribution >= 0.6 is 11.3 Å². The molecule has 1 fully saturated rings. The summed E-state index contributed by atoms with van der Waals surface area (Å²) in [6.45, 7) is 4.28. The van der Waals surface area contributed by atoms with Gasteiger partial charge in [0.1, 0.15) is 23.9 Å². The molecule has 2 aromatic carbocycles. The second-order valence-electron chi connectivity index (χ2n) is 9.14. The third kappa shape index (κ3) is 4.69. The Kier molecular flexibility index (Phi) is 7.00. The molecule has 2 aliphatic rings. The van der Waals surface area contributed by atoms with Gasteiger partial charge in [-0.15, -0.1) is 0 Å². The van der Waals surface area contributed by atoms with Gasteiger partial charge in [0, 0.05) is 25.3 Å². The highest BCUT2D eigenvalue weighted by Crippen LogP contribution is 2.45. The molecule has 11 heteroatoms. The molecule has 0 bridgehead atoms. The molecule has 0 radical (unpaired) electrons. The number of hydrogen-bond donors (Lipinski definition) is 1. The fourth-order valence-corrected chi connectivity index (χ4v) is 5.50. The Bertz CT molecular complexity index is 1490. The number of anilines is 2. The molecular formula is C28H27N3O7S. The number of aromatic nitrogens is 1. The van der Waals surface area contributed by atoms with Crippen molar-refractivity contribution in [3.05, 3.63) is 69.7 Å². The number of carbonyl (C=O) groups is 3. The highest BCUT2D eigenvalue weighted by Gasteiger charge is 2.48. The van der Waals surface area contributed by atoms with E-state index < -0.39 is 23.7 Å². The molecule has 1 aromatic heterocycles. The summed E-state index contributed by atoms with van der Waals surface area (Å²) in [6.07, 6.45) is 0. The number of nitrogens with zero attached hydrogens (tertiary/aromatic N) is 3. The average molecular weight is 550 g/mol. The number of aliphatic hydroxyl groups is 1. The molecule has 1 saturated heterocycles. The van der Waals surface area contributed by atoms with Gasteiger partial charge >= 0.3 is 11.9 Å². The molecular weight excluding hydrogens is 522 g/mol. The van der Waals surface area contributed by atoms with Gasteiger partial charge in [0.05, 0.1) is 23.9 Å². The molecule has 1 N–H and O–H groups in total. The van der Waals surface area contributed by atoms with Crippen LogP contribution in [0.3, 0.4) is 0 Å². The molecule has 1 amide bonds. The first kappa shape index (κ1) is 26.2. The Balaban J connectivity index is 1.66. The van der Waals surface area contributed by atoms with E-state index in [4.69, 9.17) is 14.2 Å². The third-order valence-electron chi connectivity index (χ3n) is 6.44. The summed E-state index contributed by atoms with van der Waals surface area (Å²) < 4.78 is 16.3. The summed E-state index contributed by atoms with van der Waals surface area (Å²) in [5.74, 6) is -1.68. The third-order valence-corrected chi connectivity index (χ3v) is 7.57. The number of rotatable bonds is 6. The van der Waals surface area contributed by atoms with Crippen molar-refractivity contribution >= 4 is 45.6 Å². The number of carbonyl (C=O) groups excluding carboxylic acids is 3. The number of aliphatic hydroxyl groups excluding tert-OH is 1. The normalized spacial score (nSPS) is 17.8. The second-order valence-corrected chi connectivity index (χ2v) is 10.1. The van der Waals surface area contributed by atoms with Gasteiger partial charge in [-0.2, -0.15) is 0 Å². The van der Waals surface area contributed by atoms with Crippen LogP contribution in [0.4, 0.5) is 10.8 Å². The molecule has 1 atom stereocenters. The maximum atomic E-state index is 13.5. The highest BCUT2D eigenvalue weighted by atomic mass is 32.1. The van der Waals surface area contributed by atoms with E-state index in [0.717, 1.165) is 17.0 Å². The minimum Gasteiger partial charge on any atom is -0.507 e. The number of ether oxygens (including phenoxy) is 3. The van der Waals surface area contributed by atoms with Crippen molar-refractivity contribution in [1.29, 1.82) is 0 Å². The number of ketones is 1. The van der Waals surface area contributed by atoms with Crippen LogP contribution in [0.25, 0.3) is 5.76 Å². The van der Waals surface area contributed by atoms with Crippen molar-refractivity contribution in [2.75, 3.05) is 43.7 Å². The summed E-state index contributed by atoms with van der Waals surface area (Å²) in [5.41, 5.74) is 2.08. The van der Waals surface area contributed by atoms with Crippen LogP contribution in [-0.2, 0) is 14.3 Å². The quantitative estimate of drug-likeness (QED) is 0.210. The number of thiazole rings is 1. The molecule has 202 valence electrons. The van der Waals surface area contributed by atoms with Gasteiger partial charge in [0.2, 0.25) is 0 Å². The summed E-state index contributed by atoms with van der Waals surface area (Å²) >= 11 is 0.963. The molecule has 2 aliphatic heterocycles. The molecule has 0 spiro atoms. The lowest BCUT2D eigenvalue weighted by atomic mass is 9.95. The van der Waals surface area contributed by atoms with Gasteiger partial charge in [-0.05, 0) is 49.7 Å². The average Bonchev–Trinajstić information content (AvgIpc) is 3.44. The molecule has 5 rings (SSSR count). The van der Waals surface area contributed by atoms with E-state index in [1.165, 1.54) is 4.90 Å². The maximum Gasteiger partial charge on any atom is 0.350 e. The maximum absolute atomic E-state index is 13.5. The van der Waals surface area contributed by atoms with Crippen LogP contribution in [0.5, 0.6) is 11.5 Å². The lowest BCUT2D eigenvalue weighted by molar-refractivity contribution is -0.132. The first-order valence-electron chi connectivity index (χ1n) is 12.3. The van der Waals surface area contributed by atoms with Crippen LogP contribution in [0.2, 0.25) is 0 Å². The second kappa shape index (κ2) is 10.4. The fourth-order valence-electron chi connectivity index (χ4n) is 4.52.